The Hall–Kier alpha value is -2.04. The highest BCUT2D eigenvalue weighted by Gasteiger charge is 2.17. The van der Waals surface area contributed by atoms with E-state index in [1.165, 1.54) is 12.5 Å². The van der Waals surface area contributed by atoms with Crippen LogP contribution in [0.5, 0.6) is 0 Å². The second kappa shape index (κ2) is 7.24. The Morgan fingerprint density at radius 2 is 2.04 bits per heavy atom. The molecular formula is C14H13F2N3O3S2. The zero-order valence-corrected chi connectivity index (χ0v) is 14.1. The highest BCUT2D eigenvalue weighted by Crippen LogP contribution is 2.19. The lowest BCUT2D eigenvalue weighted by molar-refractivity contribution is 0.552. The fourth-order valence-electron chi connectivity index (χ4n) is 1.79. The van der Waals surface area contributed by atoms with Gasteiger partial charge in [0.15, 0.2) is 0 Å². The average molecular weight is 373 g/mol. The smallest absolute Gasteiger partial charge is 0.218 e. The predicted octanol–water partition coefficient (Wildman–Crippen LogP) is 1.40. The summed E-state index contributed by atoms with van der Waals surface area (Å²) in [5, 5.41) is 0.823. The molecule has 2 aromatic rings. The Labute approximate surface area is 139 Å². The van der Waals surface area contributed by atoms with Crippen LogP contribution in [0.25, 0.3) is 6.08 Å². The molecule has 0 bridgehead atoms. The quantitative estimate of drug-likeness (QED) is 0.628. The number of sulfone groups is 1. The van der Waals surface area contributed by atoms with E-state index in [0.29, 0.717) is 11.8 Å². The van der Waals surface area contributed by atoms with Gasteiger partial charge in [0.2, 0.25) is 15.0 Å². The van der Waals surface area contributed by atoms with Crippen LogP contribution in [0.2, 0.25) is 0 Å². The van der Waals surface area contributed by atoms with Gasteiger partial charge in [-0.15, -0.1) is 0 Å². The number of rotatable bonds is 5. The number of hydrogen-bond donors (Lipinski definition) is 1. The normalized spacial score (nSPS) is 13.3. The third-order valence-electron chi connectivity index (χ3n) is 2.96. The SMILES string of the molecule is CS(=O)c1ncc(/C=C/S(=O)(=O)c2ccc(F)cc2F)c(CN)n1. The average Bonchev–Trinajstić information content (AvgIpc) is 2.52. The van der Waals surface area contributed by atoms with E-state index in [1.54, 1.807) is 0 Å². The first kappa shape index (κ1) is 18.3. The summed E-state index contributed by atoms with van der Waals surface area (Å²) in [6.45, 7) is -0.0304. The molecule has 1 heterocycles. The predicted molar refractivity (Wildman–Crippen MR) is 84.8 cm³/mol. The number of hydrogen-bond acceptors (Lipinski definition) is 6. The summed E-state index contributed by atoms with van der Waals surface area (Å²) >= 11 is 0. The van der Waals surface area contributed by atoms with E-state index in [1.807, 2.05) is 0 Å². The number of aromatic nitrogens is 2. The lowest BCUT2D eigenvalue weighted by Crippen LogP contribution is -2.08. The minimum atomic E-state index is -4.14. The summed E-state index contributed by atoms with van der Waals surface area (Å²) in [6, 6.07) is 2.18. The van der Waals surface area contributed by atoms with Crippen molar-refractivity contribution in [3.05, 3.63) is 52.7 Å². The summed E-state index contributed by atoms with van der Waals surface area (Å²) in [7, 11) is -5.55. The summed E-state index contributed by atoms with van der Waals surface area (Å²) in [4.78, 5) is 7.19. The number of benzene rings is 1. The molecule has 0 aliphatic carbocycles. The van der Waals surface area contributed by atoms with Gasteiger partial charge in [0.05, 0.1) is 16.5 Å². The van der Waals surface area contributed by atoms with Crippen LogP contribution >= 0.6 is 0 Å². The molecule has 0 saturated carbocycles. The molecule has 1 unspecified atom stereocenters. The minimum absolute atomic E-state index is 0.0304. The standard InChI is InChI=1S/C14H13F2N3O3S2/c1-23(20)14-18-8-9(12(7-17)19-14)4-5-24(21,22)13-3-2-10(15)6-11(13)16/h2-6,8H,7,17H2,1H3/b5-4+. The van der Waals surface area contributed by atoms with Crippen molar-refractivity contribution in [1.82, 2.24) is 9.97 Å². The van der Waals surface area contributed by atoms with E-state index >= 15 is 0 Å². The molecule has 128 valence electrons. The van der Waals surface area contributed by atoms with Gasteiger partial charge in [0.1, 0.15) is 16.5 Å². The lowest BCUT2D eigenvalue weighted by Gasteiger charge is -2.04. The first-order chi connectivity index (χ1) is 11.2. The maximum atomic E-state index is 13.6. The van der Waals surface area contributed by atoms with Crippen LogP contribution in [0.3, 0.4) is 0 Å². The van der Waals surface area contributed by atoms with E-state index in [4.69, 9.17) is 5.73 Å². The molecule has 24 heavy (non-hydrogen) atoms. The fourth-order valence-corrected chi connectivity index (χ4v) is 3.29. The van der Waals surface area contributed by atoms with Gasteiger partial charge in [-0.1, -0.05) is 0 Å². The topological polar surface area (TPSA) is 103 Å². The highest BCUT2D eigenvalue weighted by atomic mass is 32.2. The van der Waals surface area contributed by atoms with Gasteiger partial charge in [-0.05, 0) is 18.2 Å². The van der Waals surface area contributed by atoms with E-state index in [2.05, 4.69) is 9.97 Å². The zero-order valence-electron chi connectivity index (χ0n) is 12.4. The summed E-state index contributed by atoms with van der Waals surface area (Å²) < 4.78 is 62.1. The van der Waals surface area contributed by atoms with Crippen LogP contribution in [0.4, 0.5) is 8.78 Å². The van der Waals surface area contributed by atoms with Gasteiger partial charge in [-0.25, -0.2) is 27.2 Å². The van der Waals surface area contributed by atoms with Crippen LogP contribution < -0.4 is 5.73 Å². The van der Waals surface area contributed by atoms with E-state index < -0.39 is 37.2 Å². The van der Waals surface area contributed by atoms with E-state index in [0.717, 1.165) is 23.6 Å². The Morgan fingerprint density at radius 3 is 2.62 bits per heavy atom. The lowest BCUT2D eigenvalue weighted by atomic mass is 10.2. The maximum absolute atomic E-state index is 13.6. The number of nitrogens with zero attached hydrogens (tertiary/aromatic N) is 2. The molecule has 10 heteroatoms. The molecule has 0 saturated heterocycles. The third kappa shape index (κ3) is 4.08. The summed E-state index contributed by atoms with van der Waals surface area (Å²) in [5.74, 6) is -2.07. The summed E-state index contributed by atoms with van der Waals surface area (Å²) in [6.07, 6.45) is 3.83. The van der Waals surface area contributed by atoms with Gasteiger partial charge < -0.3 is 5.73 Å². The third-order valence-corrected chi connectivity index (χ3v) is 5.11. The van der Waals surface area contributed by atoms with Crippen molar-refractivity contribution >= 4 is 26.7 Å². The molecule has 0 spiro atoms. The van der Waals surface area contributed by atoms with E-state index in [-0.39, 0.29) is 17.3 Å². The van der Waals surface area contributed by atoms with Crippen LogP contribution in [0.1, 0.15) is 11.3 Å². The molecule has 1 atom stereocenters. The van der Waals surface area contributed by atoms with Crippen molar-refractivity contribution in [2.24, 2.45) is 5.73 Å². The largest absolute Gasteiger partial charge is 0.325 e. The van der Waals surface area contributed by atoms with Gasteiger partial charge in [-0.2, -0.15) is 0 Å². The summed E-state index contributed by atoms with van der Waals surface area (Å²) in [5.41, 5.74) is 6.12. The molecule has 0 amide bonds. The Morgan fingerprint density at radius 1 is 1.33 bits per heavy atom. The van der Waals surface area contributed by atoms with Gasteiger partial charge >= 0.3 is 0 Å². The van der Waals surface area contributed by atoms with Crippen molar-refractivity contribution in [3.8, 4) is 0 Å². The number of halogens is 2. The second-order valence-corrected chi connectivity index (χ2v) is 7.71. The van der Waals surface area contributed by atoms with Crippen LogP contribution in [0, 0.1) is 11.6 Å². The minimum Gasteiger partial charge on any atom is -0.325 e. The number of nitrogens with two attached hydrogens (primary N) is 1. The molecule has 6 nitrogen and oxygen atoms in total. The van der Waals surface area contributed by atoms with Crippen LogP contribution in [-0.2, 0) is 27.2 Å². The second-order valence-electron chi connectivity index (χ2n) is 4.64. The molecule has 0 aliphatic heterocycles. The first-order valence-corrected chi connectivity index (χ1v) is 9.62. The Balaban J connectivity index is 2.41. The van der Waals surface area contributed by atoms with Crippen molar-refractivity contribution in [2.75, 3.05) is 6.26 Å². The zero-order chi connectivity index (χ0) is 17.9. The van der Waals surface area contributed by atoms with Crippen molar-refractivity contribution in [3.63, 3.8) is 0 Å². The monoisotopic (exact) mass is 373 g/mol. The molecule has 0 radical (unpaired) electrons. The van der Waals surface area contributed by atoms with Crippen molar-refractivity contribution < 1.29 is 21.4 Å². The molecule has 0 fully saturated rings. The molecule has 2 N–H and O–H groups in total. The van der Waals surface area contributed by atoms with Gasteiger partial charge in [0.25, 0.3) is 0 Å². The van der Waals surface area contributed by atoms with E-state index in [9.17, 15) is 21.4 Å². The van der Waals surface area contributed by atoms with Crippen LogP contribution in [0.15, 0.2) is 39.9 Å². The molecule has 2 rings (SSSR count). The van der Waals surface area contributed by atoms with Gasteiger partial charge in [-0.3, -0.25) is 4.21 Å². The maximum Gasteiger partial charge on any atom is 0.218 e. The van der Waals surface area contributed by atoms with Crippen molar-refractivity contribution in [1.29, 1.82) is 0 Å². The van der Waals surface area contributed by atoms with Gasteiger partial charge in [0, 0.05) is 36.0 Å². The molecule has 1 aromatic carbocycles. The van der Waals surface area contributed by atoms with Crippen molar-refractivity contribution in [2.45, 2.75) is 16.6 Å². The fraction of sp³-hybridized carbons (Fsp3) is 0.143. The Bertz CT molecular complexity index is 931. The molecule has 1 aromatic heterocycles. The highest BCUT2D eigenvalue weighted by molar-refractivity contribution is 7.94. The molecular weight excluding hydrogens is 360 g/mol. The Kier molecular flexibility index (Phi) is 5.52. The van der Waals surface area contributed by atoms with Crippen LogP contribution in [-0.4, -0.2) is 28.9 Å². The first-order valence-electron chi connectivity index (χ1n) is 6.52. The molecule has 0 aliphatic rings.